The molecule has 0 aliphatic rings. The largest absolute Gasteiger partial charge is 0.315 e. The third kappa shape index (κ3) is 2.01. The SMILES string of the molecule is CNCc1sccc1-c1csc(Cl)c1. The highest BCUT2D eigenvalue weighted by Crippen LogP contribution is 2.33. The summed E-state index contributed by atoms with van der Waals surface area (Å²) in [5.74, 6) is 0. The molecule has 4 heteroatoms. The van der Waals surface area contributed by atoms with Crippen LogP contribution in [-0.4, -0.2) is 7.05 Å². The minimum atomic E-state index is 0.849. The Morgan fingerprint density at radius 1 is 1.43 bits per heavy atom. The Labute approximate surface area is 96.4 Å². The van der Waals surface area contributed by atoms with Gasteiger partial charge in [0.1, 0.15) is 0 Å². The van der Waals surface area contributed by atoms with Crippen molar-refractivity contribution < 1.29 is 0 Å². The average Bonchev–Trinajstić information content (AvgIpc) is 2.74. The summed E-state index contributed by atoms with van der Waals surface area (Å²) in [4.78, 5) is 1.36. The summed E-state index contributed by atoms with van der Waals surface area (Å²) in [7, 11) is 1.96. The number of halogens is 1. The van der Waals surface area contributed by atoms with Gasteiger partial charge in [0.15, 0.2) is 0 Å². The lowest BCUT2D eigenvalue weighted by molar-refractivity contribution is 0.833. The summed E-state index contributed by atoms with van der Waals surface area (Å²) in [5, 5.41) is 7.39. The van der Waals surface area contributed by atoms with Gasteiger partial charge in [0.2, 0.25) is 0 Å². The molecular formula is C10H10ClNS2. The average molecular weight is 244 g/mol. The van der Waals surface area contributed by atoms with Gasteiger partial charge in [-0.05, 0) is 35.7 Å². The molecule has 2 rings (SSSR count). The number of hydrogen-bond acceptors (Lipinski definition) is 3. The zero-order valence-electron chi connectivity index (χ0n) is 7.71. The Hall–Kier alpha value is -0.350. The quantitative estimate of drug-likeness (QED) is 0.864. The van der Waals surface area contributed by atoms with E-state index in [1.165, 1.54) is 16.0 Å². The smallest absolute Gasteiger partial charge is 0.0934 e. The molecule has 74 valence electrons. The first-order chi connectivity index (χ1) is 6.81. The molecule has 0 radical (unpaired) electrons. The van der Waals surface area contributed by atoms with Crippen LogP contribution in [0.4, 0.5) is 0 Å². The Morgan fingerprint density at radius 2 is 2.29 bits per heavy atom. The fourth-order valence-corrected chi connectivity index (χ4v) is 3.14. The van der Waals surface area contributed by atoms with E-state index in [1.54, 1.807) is 22.7 Å². The maximum absolute atomic E-state index is 5.91. The van der Waals surface area contributed by atoms with Crippen molar-refractivity contribution in [1.29, 1.82) is 0 Å². The molecule has 0 amide bonds. The number of nitrogens with one attached hydrogen (secondary N) is 1. The minimum absolute atomic E-state index is 0.849. The third-order valence-corrected chi connectivity index (χ3v) is 3.97. The number of rotatable bonds is 3. The van der Waals surface area contributed by atoms with Crippen LogP contribution in [0.2, 0.25) is 4.34 Å². The van der Waals surface area contributed by atoms with Gasteiger partial charge in [-0.15, -0.1) is 22.7 Å². The fourth-order valence-electron chi connectivity index (χ4n) is 1.35. The molecule has 1 nitrogen and oxygen atoms in total. The summed E-state index contributed by atoms with van der Waals surface area (Å²) in [5.41, 5.74) is 2.53. The van der Waals surface area contributed by atoms with E-state index in [1.807, 2.05) is 13.1 Å². The van der Waals surface area contributed by atoms with Gasteiger partial charge in [0, 0.05) is 16.8 Å². The van der Waals surface area contributed by atoms with Gasteiger partial charge in [-0.1, -0.05) is 11.6 Å². The second kappa shape index (κ2) is 4.45. The molecule has 1 N–H and O–H groups in total. The molecule has 0 aliphatic carbocycles. The minimum Gasteiger partial charge on any atom is -0.315 e. The van der Waals surface area contributed by atoms with Crippen LogP contribution < -0.4 is 5.32 Å². The van der Waals surface area contributed by atoms with Crippen LogP contribution in [0.3, 0.4) is 0 Å². The Morgan fingerprint density at radius 3 is 2.93 bits per heavy atom. The van der Waals surface area contributed by atoms with Gasteiger partial charge in [-0.2, -0.15) is 0 Å². The first-order valence-corrected chi connectivity index (χ1v) is 6.40. The predicted molar refractivity (Wildman–Crippen MR) is 65.4 cm³/mol. The van der Waals surface area contributed by atoms with Crippen molar-refractivity contribution in [3.05, 3.63) is 32.1 Å². The second-order valence-corrected chi connectivity index (χ2v) is 5.47. The van der Waals surface area contributed by atoms with Crippen molar-refractivity contribution in [3.63, 3.8) is 0 Å². The van der Waals surface area contributed by atoms with Gasteiger partial charge in [0.05, 0.1) is 4.34 Å². The molecule has 0 fully saturated rings. The second-order valence-electron chi connectivity index (χ2n) is 2.93. The maximum atomic E-state index is 5.91. The molecule has 14 heavy (non-hydrogen) atoms. The van der Waals surface area contributed by atoms with Crippen LogP contribution in [0.25, 0.3) is 11.1 Å². The van der Waals surface area contributed by atoms with Crippen LogP contribution in [-0.2, 0) is 6.54 Å². The number of thiophene rings is 2. The molecule has 0 unspecified atom stereocenters. The summed E-state index contributed by atoms with van der Waals surface area (Å²) in [6.45, 7) is 0.917. The highest BCUT2D eigenvalue weighted by molar-refractivity contribution is 7.14. The first-order valence-electron chi connectivity index (χ1n) is 4.26. The van der Waals surface area contributed by atoms with E-state index in [-0.39, 0.29) is 0 Å². The molecule has 0 spiro atoms. The van der Waals surface area contributed by atoms with Crippen molar-refractivity contribution in [3.8, 4) is 11.1 Å². The molecule has 2 aromatic heterocycles. The summed E-state index contributed by atoms with van der Waals surface area (Å²) >= 11 is 9.27. The summed E-state index contributed by atoms with van der Waals surface area (Å²) in [6.07, 6.45) is 0. The lowest BCUT2D eigenvalue weighted by Gasteiger charge is -1.99. The van der Waals surface area contributed by atoms with E-state index in [9.17, 15) is 0 Å². The van der Waals surface area contributed by atoms with Crippen molar-refractivity contribution in [2.75, 3.05) is 7.05 Å². The molecule has 0 atom stereocenters. The van der Waals surface area contributed by atoms with Gasteiger partial charge in [-0.3, -0.25) is 0 Å². The van der Waals surface area contributed by atoms with Crippen LogP contribution >= 0.6 is 34.3 Å². The third-order valence-electron chi connectivity index (χ3n) is 1.96. The standard InChI is InChI=1S/C10H10ClNS2/c1-12-5-9-8(2-3-13-9)7-4-10(11)14-6-7/h2-4,6,12H,5H2,1H3. The molecule has 0 bridgehead atoms. The van der Waals surface area contributed by atoms with Gasteiger partial charge in [0.25, 0.3) is 0 Å². The van der Waals surface area contributed by atoms with E-state index in [0.717, 1.165) is 10.9 Å². The van der Waals surface area contributed by atoms with E-state index >= 15 is 0 Å². The predicted octanol–water partition coefficient (Wildman–Crippen LogP) is 3.85. The molecule has 0 saturated carbocycles. The zero-order valence-corrected chi connectivity index (χ0v) is 10.1. The molecule has 0 aliphatic heterocycles. The molecule has 2 aromatic rings. The molecular weight excluding hydrogens is 234 g/mol. The van der Waals surface area contributed by atoms with E-state index < -0.39 is 0 Å². The lowest BCUT2D eigenvalue weighted by Crippen LogP contribution is -2.03. The molecule has 2 heterocycles. The normalized spacial score (nSPS) is 10.7. The van der Waals surface area contributed by atoms with Gasteiger partial charge < -0.3 is 5.32 Å². The van der Waals surface area contributed by atoms with Crippen molar-refractivity contribution in [1.82, 2.24) is 5.32 Å². The van der Waals surface area contributed by atoms with E-state index in [4.69, 9.17) is 11.6 Å². The lowest BCUT2D eigenvalue weighted by atomic mass is 10.1. The Bertz CT molecular complexity index is 419. The molecule has 0 aromatic carbocycles. The van der Waals surface area contributed by atoms with Crippen LogP contribution in [0.5, 0.6) is 0 Å². The Balaban J connectivity index is 2.36. The first kappa shape index (κ1) is 10.2. The van der Waals surface area contributed by atoms with Crippen molar-refractivity contribution in [2.45, 2.75) is 6.54 Å². The van der Waals surface area contributed by atoms with Crippen LogP contribution in [0.1, 0.15) is 4.88 Å². The van der Waals surface area contributed by atoms with E-state index in [0.29, 0.717) is 0 Å². The van der Waals surface area contributed by atoms with E-state index in [2.05, 4.69) is 22.1 Å². The van der Waals surface area contributed by atoms with Crippen LogP contribution in [0.15, 0.2) is 22.9 Å². The van der Waals surface area contributed by atoms with Crippen molar-refractivity contribution in [2.24, 2.45) is 0 Å². The van der Waals surface area contributed by atoms with Crippen LogP contribution in [0, 0.1) is 0 Å². The highest BCUT2D eigenvalue weighted by Gasteiger charge is 2.07. The molecule has 0 saturated heterocycles. The van der Waals surface area contributed by atoms with Crippen molar-refractivity contribution >= 4 is 34.3 Å². The van der Waals surface area contributed by atoms with Gasteiger partial charge >= 0.3 is 0 Å². The fraction of sp³-hybridized carbons (Fsp3) is 0.200. The topological polar surface area (TPSA) is 12.0 Å². The summed E-state index contributed by atoms with van der Waals surface area (Å²) < 4.78 is 0.849. The number of hydrogen-bond donors (Lipinski definition) is 1. The highest BCUT2D eigenvalue weighted by atomic mass is 35.5. The maximum Gasteiger partial charge on any atom is 0.0934 e. The zero-order chi connectivity index (χ0) is 9.97. The Kier molecular flexibility index (Phi) is 3.23. The monoisotopic (exact) mass is 243 g/mol. The van der Waals surface area contributed by atoms with Gasteiger partial charge in [-0.25, -0.2) is 0 Å². The summed E-state index contributed by atoms with van der Waals surface area (Å²) in [6, 6.07) is 4.17.